The summed E-state index contributed by atoms with van der Waals surface area (Å²) in [4.78, 5) is 11.9. The summed E-state index contributed by atoms with van der Waals surface area (Å²) in [6, 6.07) is 5.35. The number of rotatable bonds is 5. The summed E-state index contributed by atoms with van der Waals surface area (Å²) in [5.74, 6) is 1.22. The molecule has 1 amide bonds. The Balaban J connectivity index is 1.99. The summed E-state index contributed by atoms with van der Waals surface area (Å²) in [6.07, 6.45) is 0.805. The van der Waals surface area contributed by atoms with Crippen molar-refractivity contribution in [3.05, 3.63) is 18.2 Å². The molecule has 0 saturated carbocycles. The number of hydrogen-bond acceptors (Lipinski definition) is 5. The third-order valence-corrected chi connectivity index (χ3v) is 3.04. The van der Waals surface area contributed by atoms with E-state index in [2.05, 4.69) is 5.32 Å². The maximum absolute atomic E-state index is 11.9. The second-order valence-corrected chi connectivity index (χ2v) is 4.56. The van der Waals surface area contributed by atoms with Gasteiger partial charge in [0.25, 0.3) is 0 Å². The molecule has 0 radical (unpaired) electrons. The number of ether oxygens (including phenoxy) is 3. The van der Waals surface area contributed by atoms with Crippen LogP contribution in [0.3, 0.4) is 0 Å². The molecule has 110 valence electrons. The first-order valence-corrected chi connectivity index (χ1v) is 6.65. The molecule has 1 aromatic carbocycles. The fraction of sp³-hybridized carbons (Fsp3) is 0.500. The fourth-order valence-electron chi connectivity index (χ4n) is 1.92. The van der Waals surface area contributed by atoms with Gasteiger partial charge in [0, 0.05) is 31.8 Å². The topological polar surface area (TPSA) is 82.8 Å². The molecule has 0 spiro atoms. The number of carbonyl (C=O) groups is 1. The molecule has 6 nitrogen and oxygen atoms in total. The minimum atomic E-state index is -0.268. The van der Waals surface area contributed by atoms with Crippen LogP contribution in [0.4, 0.5) is 5.69 Å². The van der Waals surface area contributed by atoms with E-state index in [1.807, 2.05) is 0 Å². The third-order valence-electron chi connectivity index (χ3n) is 3.04. The van der Waals surface area contributed by atoms with Gasteiger partial charge in [0.15, 0.2) is 11.5 Å². The first kappa shape index (κ1) is 14.6. The van der Waals surface area contributed by atoms with Crippen LogP contribution < -0.4 is 20.5 Å². The minimum absolute atomic E-state index is 0.142. The molecule has 1 aliphatic rings. The van der Waals surface area contributed by atoms with Crippen molar-refractivity contribution in [3.63, 3.8) is 0 Å². The van der Waals surface area contributed by atoms with Gasteiger partial charge in [-0.2, -0.15) is 0 Å². The summed E-state index contributed by atoms with van der Waals surface area (Å²) in [5, 5.41) is 2.80. The SMILES string of the molecule is COC(CN)CC(=O)Nc1ccc2c(c1)OCCCO2. The minimum Gasteiger partial charge on any atom is -0.490 e. The summed E-state index contributed by atoms with van der Waals surface area (Å²) in [5.41, 5.74) is 6.16. The van der Waals surface area contributed by atoms with E-state index in [9.17, 15) is 4.79 Å². The number of carbonyl (C=O) groups excluding carboxylic acids is 1. The molecule has 0 aromatic heterocycles. The van der Waals surface area contributed by atoms with Gasteiger partial charge in [-0.05, 0) is 12.1 Å². The van der Waals surface area contributed by atoms with Gasteiger partial charge < -0.3 is 25.3 Å². The largest absolute Gasteiger partial charge is 0.490 e. The van der Waals surface area contributed by atoms with Crippen molar-refractivity contribution in [1.82, 2.24) is 0 Å². The first-order valence-electron chi connectivity index (χ1n) is 6.65. The smallest absolute Gasteiger partial charge is 0.227 e. The molecule has 0 fully saturated rings. The van der Waals surface area contributed by atoms with Gasteiger partial charge in [-0.15, -0.1) is 0 Å². The lowest BCUT2D eigenvalue weighted by Gasteiger charge is -2.13. The highest BCUT2D eigenvalue weighted by Gasteiger charge is 2.14. The van der Waals surface area contributed by atoms with E-state index in [1.165, 1.54) is 0 Å². The van der Waals surface area contributed by atoms with Crippen LogP contribution in [0.25, 0.3) is 0 Å². The van der Waals surface area contributed by atoms with Crippen LogP contribution in [-0.2, 0) is 9.53 Å². The summed E-state index contributed by atoms with van der Waals surface area (Å²) >= 11 is 0. The molecule has 20 heavy (non-hydrogen) atoms. The Labute approximate surface area is 118 Å². The molecule has 0 aliphatic carbocycles. The number of methoxy groups -OCH3 is 1. The third kappa shape index (κ3) is 3.85. The predicted molar refractivity (Wildman–Crippen MR) is 75.1 cm³/mol. The number of nitrogens with one attached hydrogen (secondary N) is 1. The number of fused-ring (bicyclic) bond motifs is 1. The van der Waals surface area contributed by atoms with Crippen LogP contribution in [0.1, 0.15) is 12.8 Å². The molecule has 2 rings (SSSR count). The van der Waals surface area contributed by atoms with Crippen LogP contribution in [0.5, 0.6) is 11.5 Å². The Kier molecular flexibility index (Phi) is 5.20. The molecule has 6 heteroatoms. The van der Waals surface area contributed by atoms with Crippen molar-refractivity contribution in [3.8, 4) is 11.5 Å². The van der Waals surface area contributed by atoms with E-state index in [0.717, 1.165) is 6.42 Å². The van der Waals surface area contributed by atoms with E-state index in [4.69, 9.17) is 19.9 Å². The summed E-state index contributed by atoms with van der Waals surface area (Å²) in [7, 11) is 1.54. The van der Waals surface area contributed by atoms with Crippen molar-refractivity contribution in [2.24, 2.45) is 5.73 Å². The molecule has 0 saturated heterocycles. The zero-order valence-corrected chi connectivity index (χ0v) is 11.6. The van der Waals surface area contributed by atoms with Gasteiger partial charge in [-0.3, -0.25) is 4.79 Å². The van der Waals surface area contributed by atoms with Gasteiger partial charge >= 0.3 is 0 Å². The van der Waals surface area contributed by atoms with Gasteiger partial charge in [0.1, 0.15) is 0 Å². The number of amides is 1. The fourth-order valence-corrected chi connectivity index (χ4v) is 1.92. The highest BCUT2D eigenvalue weighted by atomic mass is 16.5. The maximum Gasteiger partial charge on any atom is 0.227 e. The lowest BCUT2D eigenvalue weighted by molar-refractivity contribution is -0.118. The number of nitrogens with two attached hydrogens (primary N) is 1. The van der Waals surface area contributed by atoms with Crippen molar-refractivity contribution in [2.75, 3.05) is 32.2 Å². The molecular formula is C14H20N2O4. The predicted octanol–water partition coefficient (Wildman–Crippen LogP) is 1.15. The highest BCUT2D eigenvalue weighted by molar-refractivity contribution is 5.91. The summed E-state index contributed by atoms with van der Waals surface area (Å²) in [6.45, 7) is 1.57. The van der Waals surface area contributed by atoms with Crippen LogP contribution >= 0.6 is 0 Å². The maximum atomic E-state index is 11.9. The quantitative estimate of drug-likeness (QED) is 0.845. The van der Waals surface area contributed by atoms with Crippen molar-refractivity contribution >= 4 is 11.6 Å². The number of anilines is 1. The highest BCUT2D eigenvalue weighted by Crippen LogP contribution is 2.32. The molecule has 1 aromatic rings. The first-order chi connectivity index (χ1) is 9.72. The van der Waals surface area contributed by atoms with E-state index in [-0.39, 0.29) is 18.4 Å². The molecule has 1 atom stereocenters. The Morgan fingerprint density at radius 2 is 2.15 bits per heavy atom. The van der Waals surface area contributed by atoms with Gasteiger partial charge in [0.05, 0.1) is 25.7 Å². The Bertz CT molecular complexity index is 460. The number of hydrogen-bond donors (Lipinski definition) is 2. The van der Waals surface area contributed by atoms with Crippen LogP contribution in [0.2, 0.25) is 0 Å². The zero-order valence-electron chi connectivity index (χ0n) is 11.6. The van der Waals surface area contributed by atoms with Gasteiger partial charge in [-0.1, -0.05) is 0 Å². The van der Waals surface area contributed by atoms with E-state index in [1.54, 1.807) is 25.3 Å². The monoisotopic (exact) mass is 280 g/mol. The van der Waals surface area contributed by atoms with E-state index in [0.29, 0.717) is 36.9 Å². The second-order valence-electron chi connectivity index (χ2n) is 4.56. The normalized spacial score (nSPS) is 15.3. The van der Waals surface area contributed by atoms with Crippen LogP contribution in [0, 0.1) is 0 Å². The molecule has 1 aliphatic heterocycles. The van der Waals surface area contributed by atoms with Crippen molar-refractivity contribution in [1.29, 1.82) is 0 Å². The number of benzene rings is 1. The lowest BCUT2D eigenvalue weighted by atomic mass is 10.2. The van der Waals surface area contributed by atoms with E-state index < -0.39 is 0 Å². The average Bonchev–Trinajstić information content (AvgIpc) is 2.69. The molecule has 1 unspecified atom stereocenters. The molecule has 3 N–H and O–H groups in total. The van der Waals surface area contributed by atoms with Crippen LogP contribution in [0.15, 0.2) is 18.2 Å². The van der Waals surface area contributed by atoms with Crippen molar-refractivity contribution in [2.45, 2.75) is 18.9 Å². The second kappa shape index (κ2) is 7.12. The Morgan fingerprint density at radius 1 is 1.40 bits per heavy atom. The van der Waals surface area contributed by atoms with E-state index >= 15 is 0 Å². The van der Waals surface area contributed by atoms with Crippen molar-refractivity contribution < 1.29 is 19.0 Å². The van der Waals surface area contributed by atoms with Gasteiger partial charge in [0.2, 0.25) is 5.91 Å². The zero-order chi connectivity index (χ0) is 14.4. The standard InChI is InChI=1S/C14H20N2O4/c1-18-11(9-15)8-14(17)16-10-3-4-12-13(7-10)20-6-2-5-19-12/h3-4,7,11H,2,5-6,8-9,15H2,1H3,(H,16,17). The summed E-state index contributed by atoms with van der Waals surface area (Å²) < 4.78 is 16.2. The Morgan fingerprint density at radius 3 is 2.85 bits per heavy atom. The molecule has 1 heterocycles. The lowest BCUT2D eigenvalue weighted by Crippen LogP contribution is -2.28. The average molecular weight is 280 g/mol. The molecular weight excluding hydrogens is 260 g/mol. The van der Waals surface area contributed by atoms with Gasteiger partial charge in [-0.25, -0.2) is 0 Å². The Hall–Kier alpha value is -1.79. The molecule has 0 bridgehead atoms. The van der Waals surface area contributed by atoms with Crippen LogP contribution in [-0.4, -0.2) is 38.9 Å².